The van der Waals surface area contributed by atoms with Gasteiger partial charge in [0, 0.05) is 17.4 Å². The van der Waals surface area contributed by atoms with E-state index in [1.165, 1.54) is 11.9 Å². The minimum atomic E-state index is -0.950. The Bertz CT molecular complexity index is 908. The van der Waals surface area contributed by atoms with Gasteiger partial charge < -0.3 is 15.7 Å². The van der Waals surface area contributed by atoms with E-state index in [2.05, 4.69) is 40.5 Å². The first-order chi connectivity index (χ1) is 12.5. The number of hydrogen-bond acceptors (Lipinski definition) is 5. The number of hydrogen-bond donors (Lipinski definition) is 3. The van der Waals surface area contributed by atoms with Crippen LogP contribution in [0.1, 0.15) is 35.7 Å². The molecule has 0 fully saturated rings. The summed E-state index contributed by atoms with van der Waals surface area (Å²) in [5.74, 6) is 0.741. The third kappa shape index (κ3) is 4.16. The van der Waals surface area contributed by atoms with Gasteiger partial charge in [-0.1, -0.05) is 32.0 Å². The summed E-state index contributed by atoms with van der Waals surface area (Å²) in [4.78, 5) is 19.4. The fourth-order valence-corrected chi connectivity index (χ4v) is 2.59. The van der Waals surface area contributed by atoms with Crippen molar-refractivity contribution in [2.75, 3.05) is 10.6 Å². The Morgan fingerprint density at radius 3 is 2.27 bits per heavy atom. The molecule has 0 radical (unpaired) electrons. The second kappa shape index (κ2) is 7.65. The zero-order chi connectivity index (χ0) is 18.5. The first-order valence-electron chi connectivity index (χ1n) is 8.31. The summed E-state index contributed by atoms with van der Waals surface area (Å²) in [6, 6.07) is 16.4. The molecule has 6 heteroatoms. The summed E-state index contributed by atoms with van der Waals surface area (Å²) in [7, 11) is 0. The van der Waals surface area contributed by atoms with Gasteiger partial charge in [-0.05, 0) is 41.8 Å². The fourth-order valence-electron chi connectivity index (χ4n) is 2.59. The van der Waals surface area contributed by atoms with Crippen LogP contribution < -0.4 is 10.6 Å². The van der Waals surface area contributed by atoms with Gasteiger partial charge in [-0.3, -0.25) is 0 Å². The lowest BCUT2D eigenvalue weighted by molar-refractivity contribution is 0.0697. The highest BCUT2D eigenvalue weighted by molar-refractivity contribution is 5.88. The van der Waals surface area contributed by atoms with E-state index < -0.39 is 5.97 Å². The number of nitrogens with one attached hydrogen (secondary N) is 2. The highest BCUT2D eigenvalue weighted by Gasteiger charge is 2.08. The number of benzene rings is 2. The van der Waals surface area contributed by atoms with Gasteiger partial charge in [0.2, 0.25) is 0 Å². The number of carboxylic acid groups (broad SMARTS) is 1. The van der Waals surface area contributed by atoms with Crippen molar-refractivity contribution < 1.29 is 9.90 Å². The topological polar surface area (TPSA) is 87.1 Å². The van der Waals surface area contributed by atoms with Crippen LogP contribution in [0.3, 0.4) is 0 Å². The number of rotatable bonds is 6. The lowest BCUT2D eigenvalue weighted by Gasteiger charge is -2.14. The van der Waals surface area contributed by atoms with Crippen LogP contribution in [0.15, 0.2) is 60.9 Å². The summed E-state index contributed by atoms with van der Waals surface area (Å²) >= 11 is 0. The third-order valence-corrected chi connectivity index (χ3v) is 3.92. The van der Waals surface area contributed by atoms with Gasteiger partial charge in [0.25, 0.3) is 0 Å². The molecule has 1 heterocycles. The first kappa shape index (κ1) is 17.4. The van der Waals surface area contributed by atoms with Crippen LogP contribution in [0.5, 0.6) is 0 Å². The highest BCUT2D eigenvalue weighted by atomic mass is 16.4. The van der Waals surface area contributed by atoms with Crippen LogP contribution in [-0.4, -0.2) is 21.0 Å². The van der Waals surface area contributed by atoms with Crippen molar-refractivity contribution in [3.8, 4) is 0 Å². The Balaban J connectivity index is 1.77. The molecule has 3 N–H and O–H groups in total. The molecule has 0 unspecified atom stereocenters. The Kier molecular flexibility index (Phi) is 5.12. The van der Waals surface area contributed by atoms with Crippen molar-refractivity contribution in [3.63, 3.8) is 0 Å². The fraction of sp³-hybridized carbons (Fsp3) is 0.150. The molecule has 6 nitrogen and oxygen atoms in total. The van der Waals surface area contributed by atoms with Crippen molar-refractivity contribution in [3.05, 3.63) is 72.1 Å². The average Bonchev–Trinajstić information content (AvgIpc) is 2.63. The molecule has 0 aliphatic heterocycles. The molecule has 0 bridgehead atoms. The Morgan fingerprint density at radius 2 is 1.62 bits per heavy atom. The van der Waals surface area contributed by atoms with Crippen molar-refractivity contribution in [1.29, 1.82) is 0 Å². The molecule has 132 valence electrons. The van der Waals surface area contributed by atoms with E-state index in [9.17, 15) is 4.79 Å². The van der Waals surface area contributed by atoms with Gasteiger partial charge in [0.15, 0.2) is 0 Å². The minimum absolute atomic E-state index is 0.242. The van der Waals surface area contributed by atoms with Crippen LogP contribution in [0.25, 0.3) is 0 Å². The smallest absolute Gasteiger partial charge is 0.335 e. The number of nitrogens with zero attached hydrogens (tertiary/aromatic N) is 2. The molecule has 3 rings (SSSR count). The summed E-state index contributed by atoms with van der Waals surface area (Å²) in [6.45, 7) is 4.29. The molecule has 2 aromatic carbocycles. The van der Waals surface area contributed by atoms with Crippen LogP contribution >= 0.6 is 0 Å². The lowest BCUT2D eigenvalue weighted by Crippen LogP contribution is -2.01. The maximum Gasteiger partial charge on any atom is 0.335 e. The van der Waals surface area contributed by atoms with E-state index in [0.717, 1.165) is 11.4 Å². The van der Waals surface area contributed by atoms with Gasteiger partial charge in [-0.2, -0.15) is 0 Å². The average molecular weight is 348 g/mol. The molecule has 0 amide bonds. The van der Waals surface area contributed by atoms with Gasteiger partial charge in [0.1, 0.15) is 18.0 Å². The number of anilines is 4. The normalized spacial score (nSPS) is 10.6. The Labute approximate surface area is 152 Å². The summed E-state index contributed by atoms with van der Waals surface area (Å²) < 4.78 is 0. The van der Waals surface area contributed by atoms with Gasteiger partial charge >= 0.3 is 5.97 Å². The summed E-state index contributed by atoms with van der Waals surface area (Å²) in [6.07, 6.45) is 1.48. The monoisotopic (exact) mass is 348 g/mol. The van der Waals surface area contributed by atoms with E-state index in [0.29, 0.717) is 17.6 Å². The first-order valence-corrected chi connectivity index (χ1v) is 8.31. The second-order valence-corrected chi connectivity index (χ2v) is 6.16. The van der Waals surface area contributed by atoms with Crippen molar-refractivity contribution in [2.24, 2.45) is 0 Å². The van der Waals surface area contributed by atoms with E-state index in [4.69, 9.17) is 5.11 Å². The number of para-hydroxylation sites is 1. The van der Waals surface area contributed by atoms with Crippen LogP contribution in [0.4, 0.5) is 23.0 Å². The van der Waals surface area contributed by atoms with Gasteiger partial charge in [0.05, 0.1) is 5.56 Å². The van der Waals surface area contributed by atoms with E-state index in [-0.39, 0.29) is 5.56 Å². The SMILES string of the molecule is CC(C)c1ccccc1Nc1cc(Nc2ccc(C(=O)O)cc2)ncn1. The van der Waals surface area contributed by atoms with E-state index >= 15 is 0 Å². The lowest BCUT2D eigenvalue weighted by atomic mass is 10.0. The molecule has 0 atom stereocenters. The van der Waals surface area contributed by atoms with E-state index in [1.54, 1.807) is 24.3 Å². The molecule has 0 saturated heterocycles. The molecule has 0 aliphatic carbocycles. The number of carbonyl (C=O) groups is 1. The predicted molar refractivity (Wildman–Crippen MR) is 103 cm³/mol. The van der Waals surface area contributed by atoms with Gasteiger partial charge in [-0.15, -0.1) is 0 Å². The second-order valence-electron chi connectivity index (χ2n) is 6.16. The Hall–Kier alpha value is -3.41. The standard InChI is InChI=1S/C20H20N4O2/c1-13(2)16-5-3-4-6-17(16)24-19-11-18(21-12-22-19)23-15-9-7-14(8-10-15)20(25)26/h3-13H,1-2H3,(H,25,26)(H2,21,22,23,24). The van der Waals surface area contributed by atoms with E-state index in [1.807, 2.05) is 24.3 Å². The van der Waals surface area contributed by atoms with Crippen LogP contribution in [-0.2, 0) is 0 Å². The zero-order valence-corrected chi connectivity index (χ0v) is 14.6. The third-order valence-electron chi connectivity index (χ3n) is 3.92. The number of carboxylic acids is 1. The molecule has 0 saturated carbocycles. The number of aromatic nitrogens is 2. The minimum Gasteiger partial charge on any atom is -0.478 e. The molecule has 1 aromatic heterocycles. The molecule has 0 spiro atoms. The predicted octanol–water partition coefficient (Wildman–Crippen LogP) is 4.79. The summed E-state index contributed by atoms with van der Waals surface area (Å²) in [5, 5.41) is 15.4. The van der Waals surface area contributed by atoms with Crippen molar-refractivity contribution >= 4 is 29.0 Å². The zero-order valence-electron chi connectivity index (χ0n) is 14.6. The largest absolute Gasteiger partial charge is 0.478 e. The molecular formula is C20H20N4O2. The number of aromatic carboxylic acids is 1. The van der Waals surface area contributed by atoms with Crippen LogP contribution in [0.2, 0.25) is 0 Å². The maximum atomic E-state index is 10.9. The van der Waals surface area contributed by atoms with Crippen molar-refractivity contribution in [1.82, 2.24) is 9.97 Å². The summed E-state index contributed by atoms with van der Waals surface area (Å²) in [5.41, 5.74) is 3.22. The quantitative estimate of drug-likeness (QED) is 0.594. The molecule has 0 aliphatic rings. The maximum absolute atomic E-state index is 10.9. The highest BCUT2D eigenvalue weighted by Crippen LogP contribution is 2.27. The molecular weight excluding hydrogens is 328 g/mol. The Morgan fingerprint density at radius 1 is 0.962 bits per heavy atom. The van der Waals surface area contributed by atoms with Crippen LogP contribution in [0, 0.1) is 0 Å². The molecule has 3 aromatic rings. The van der Waals surface area contributed by atoms with Crippen molar-refractivity contribution in [2.45, 2.75) is 19.8 Å². The molecule has 26 heavy (non-hydrogen) atoms. The van der Waals surface area contributed by atoms with Gasteiger partial charge in [-0.25, -0.2) is 14.8 Å².